The molecule has 9 nitrogen and oxygen atoms in total. The lowest BCUT2D eigenvalue weighted by molar-refractivity contribution is -0.113. The van der Waals surface area contributed by atoms with E-state index in [0.29, 0.717) is 29.6 Å². The molecule has 2 heterocycles. The third kappa shape index (κ3) is 5.66. The molecule has 0 bridgehead atoms. The van der Waals surface area contributed by atoms with Gasteiger partial charge in [0.15, 0.2) is 5.16 Å². The van der Waals surface area contributed by atoms with Crippen molar-refractivity contribution in [1.82, 2.24) is 20.1 Å². The molecule has 2 aliphatic rings. The molecule has 35 heavy (non-hydrogen) atoms. The Morgan fingerprint density at radius 3 is 2.54 bits per heavy atom. The van der Waals surface area contributed by atoms with Crippen LogP contribution >= 0.6 is 11.8 Å². The number of carbonyl (C=O) groups excluding carboxylic acids is 2. The summed E-state index contributed by atoms with van der Waals surface area (Å²) in [5.74, 6) is 0.492. The largest absolute Gasteiger partial charge is 0.378 e. The van der Waals surface area contributed by atoms with E-state index in [-0.39, 0.29) is 23.6 Å². The van der Waals surface area contributed by atoms with Gasteiger partial charge in [-0.1, -0.05) is 41.6 Å². The van der Waals surface area contributed by atoms with Gasteiger partial charge in [-0.25, -0.2) is 0 Å². The van der Waals surface area contributed by atoms with Crippen LogP contribution in [-0.2, 0) is 9.53 Å². The van der Waals surface area contributed by atoms with Crippen LogP contribution in [0, 0.1) is 6.92 Å². The number of carbonyl (C=O) groups is 2. The lowest BCUT2D eigenvalue weighted by atomic mass is 10.1. The van der Waals surface area contributed by atoms with Crippen molar-refractivity contribution in [3.05, 3.63) is 59.7 Å². The molecule has 1 saturated carbocycles. The predicted molar refractivity (Wildman–Crippen MR) is 135 cm³/mol. The molecule has 2 amide bonds. The highest BCUT2D eigenvalue weighted by molar-refractivity contribution is 7.99. The van der Waals surface area contributed by atoms with E-state index in [0.717, 1.165) is 43.1 Å². The number of ether oxygens (including phenoxy) is 1. The molecule has 3 aromatic rings. The van der Waals surface area contributed by atoms with Crippen molar-refractivity contribution < 1.29 is 14.3 Å². The number of amides is 2. The number of hydrogen-bond donors (Lipinski definition) is 2. The van der Waals surface area contributed by atoms with E-state index in [1.165, 1.54) is 11.8 Å². The van der Waals surface area contributed by atoms with E-state index < -0.39 is 0 Å². The summed E-state index contributed by atoms with van der Waals surface area (Å²) >= 11 is 1.31. The Labute approximate surface area is 208 Å². The Morgan fingerprint density at radius 1 is 1.06 bits per heavy atom. The monoisotopic (exact) mass is 492 g/mol. The molecule has 2 fully saturated rings. The third-order valence-corrected chi connectivity index (χ3v) is 6.82. The molecule has 5 rings (SSSR count). The first-order chi connectivity index (χ1) is 17.1. The van der Waals surface area contributed by atoms with Gasteiger partial charge in [0.05, 0.1) is 35.9 Å². The highest BCUT2D eigenvalue weighted by Gasteiger charge is 2.25. The van der Waals surface area contributed by atoms with Crippen molar-refractivity contribution in [2.75, 3.05) is 42.3 Å². The van der Waals surface area contributed by atoms with Gasteiger partial charge in [0.25, 0.3) is 5.91 Å². The van der Waals surface area contributed by atoms with Gasteiger partial charge in [-0.15, -0.1) is 10.2 Å². The van der Waals surface area contributed by atoms with Gasteiger partial charge in [0.1, 0.15) is 0 Å². The number of hydrogen-bond acceptors (Lipinski definition) is 7. The van der Waals surface area contributed by atoms with Crippen molar-refractivity contribution in [1.29, 1.82) is 0 Å². The van der Waals surface area contributed by atoms with Crippen LogP contribution in [0.2, 0.25) is 0 Å². The molecule has 0 radical (unpaired) electrons. The van der Waals surface area contributed by atoms with Crippen molar-refractivity contribution >= 4 is 35.2 Å². The Balaban J connectivity index is 1.31. The van der Waals surface area contributed by atoms with Crippen LogP contribution in [0.25, 0.3) is 5.69 Å². The number of thioether (sulfide) groups is 1. The SMILES string of the molecule is Cc1ccc(-n2c(SCC(=O)Nc3ccccc3C(=O)NC3CC3)nnc2N2CCOCC2)cc1. The molecule has 10 heteroatoms. The molecule has 182 valence electrons. The van der Waals surface area contributed by atoms with Gasteiger partial charge in [-0.2, -0.15) is 0 Å². The number of aryl methyl sites for hydroxylation is 1. The summed E-state index contributed by atoms with van der Waals surface area (Å²) < 4.78 is 7.48. The molecule has 0 spiro atoms. The summed E-state index contributed by atoms with van der Waals surface area (Å²) in [7, 11) is 0. The summed E-state index contributed by atoms with van der Waals surface area (Å²) in [6.07, 6.45) is 2.01. The van der Waals surface area contributed by atoms with E-state index in [4.69, 9.17) is 4.74 Å². The average Bonchev–Trinajstić information content (AvgIpc) is 3.59. The minimum atomic E-state index is -0.215. The van der Waals surface area contributed by atoms with Crippen LogP contribution in [0.1, 0.15) is 28.8 Å². The Hall–Kier alpha value is -3.37. The number of nitrogens with one attached hydrogen (secondary N) is 2. The van der Waals surface area contributed by atoms with Crippen LogP contribution in [0.15, 0.2) is 53.7 Å². The zero-order chi connectivity index (χ0) is 24.2. The maximum atomic E-state index is 12.8. The second-order valence-corrected chi connectivity index (χ2v) is 9.63. The van der Waals surface area contributed by atoms with Gasteiger partial charge < -0.3 is 20.3 Å². The Morgan fingerprint density at radius 2 is 1.80 bits per heavy atom. The second kappa shape index (κ2) is 10.5. The second-order valence-electron chi connectivity index (χ2n) is 8.68. The first kappa shape index (κ1) is 23.4. The minimum absolute atomic E-state index is 0.131. The van der Waals surface area contributed by atoms with Crippen LogP contribution in [0.5, 0.6) is 0 Å². The van der Waals surface area contributed by atoms with Gasteiger partial charge in [0, 0.05) is 19.1 Å². The Kier molecular flexibility index (Phi) is 7.01. The van der Waals surface area contributed by atoms with Crippen LogP contribution in [0.4, 0.5) is 11.6 Å². The smallest absolute Gasteiger partial charge is 0.253 e. The molecule has 2 aromatic carbocycles. The van der Waals surface area contributed by atoms with Crippen LogP contribution in [-0.4, -0.2) is 64.7 Å². The Bertz CT molecular complexity index is 1200. The van der Waals surface area contributed by atoms with Crippen molar-refractivity contribution in [2.45, 2.75) is 31.0 Å². The van der Waals surface area contributed by atoms with Gasteiger partial charge in [0.2, 0.25) is 11.9 Å². The predicted octanol–water partition coefficient (Wildman–Crippen LogP) is 3.04. The van der Waals surface area contributed by atoms with Crippen LogP contribution < -0.4 is 15.5 Å². The maximum absolute atomic E-state index is 12.8. The van der Waals surface area contributed by atoms with E-state index in [9.17, 15) is 9.59 Å². The van der Waals surface area contributed by atoms with Crippen molar-refractivity contribution in [3.8, 4) is 5.69 Å². The molecule has 0 atom stereocenters. The number of rotatable bonds is 8. The molecule has 0 unspecified atom stereocenters. The first-order valence-corrected chi connectivity index (χ1v) is 12.7. The topological polar surface area (TPSA) is 101 Å². The van der Waals surface area contributed by atoms with E-state index in [1.807, 2.05) is 35.8 Å². The summed E-state index contributed by atoms with van der Waals surface area (Å²) in [6.45, 7) is 4.78. The van der Waals surface area contributed by atoms with Gasteiger partial charge >= 0.3 is 0 Å². The van der Waals surface area contributed by atoms with Crippen molar-refractivity contribution in [2.24, 2.45) is 0 Å². The number of nitrogens with zero attached hydrogens (tertiary/aromatic N) is 4. The summed E-state index contributed by atoms with van der Waals surface area (Å²) in [6, 6.07) is 15.5. The number of morpholine rings is 1. The summed E-state index contributed by atoms with van der Waals surface area (Å²) in [4.78, 5) is 27.5. The fourth-order valence-corrected chi connectivity index (χ4v) is 4.59. The molecule has 1 saturated heterocycles. The highest BCUT2D eigenvalue weighted by atomic mass is 32.2. The first-order valence-electron chi connectivity index (χ1n) is 11.8. The summed E-state index contributed by atoms with van der Waals surface area (Å²) in [5, 5.41) is 15.3. The molecule has 2 N–H and O–H groups in total. The van der Waals surface area contributed by atoms with E-state index in [2.05, 4.69) is 25.7 Å². The number of benzene rings is 2. The van der Waals surface area contributed by atoms with Crippen molar-refractivity contribution in [3.63, 3.8) is 0 Å². The summed E-state index contributed by atoms with van der Waals surface area (Å²) in [5.41, 5.74) is 3.07. The lowest BCUT2D eigenvalue weighted by Crippen LogP contribution is -2.37. The standard InChI is InChI=1S/C25H28N6O3S/c1-17-6-10-19(11-7-17)31-24(30-12-14-34-15-13-30)28-29-25(31)35-16-22(32)27-21-5-3-2-4-20(21)23(33)26-18-8-9-18/h2-7,10-11,18H,8-9,12-16H2,1H3,(H,26,33)(H,27,32). The van der Waals surface area contributed by atoms with E-state index >= 15 is 0 Å². The third-order valence-electron chi connectivity index (χ3n) is 5.89. The van der Waals surface area contributed by atoms with E-state index in [1.54, 1.807) is 24.3 Å². The fourth-order valence-electron chi connectivity index (χ4n) is 3.84. The quantitative estimate of drug-likeness (QED) is 0.466. The molecule has 1 aromatic heterocycles. The maximum Gasteiger partial charge on any atom is 0.253 e. The molecular formula is C25H28N6O3S. The fraction of sp³-hybridized carbons (Fsp3) is 0.360. The molecule has 1 aliphatic heterocycles. The number of aromatic nitrogens is 3. The highest BCUT2D eigenvalue weighted by Crippen LogP contribution is 2.28. The molecular weight excluding hydrogens is 464 g/mol. The lowest BCUT2D eigenvalue weighted by Gasteiger charge is -2.28. The minimum Gasteiger partial charge on any atom is -0.378 e. The van der Waals surface area contributed by atoms with Gasteiger partial charge in [-0.3, -0.25) is 14.2 Å². The van der Waals surface area contributed by atoms with Gasteiger partial charge in [-0.05, 0) is 44.0 Å². The number of anilines is 2. The average molecular weight is 493 g/mol. The van der Waals surface area contributed by atoms with Crippen LogP contribution in [0.3, 0.4) is 0 Å². The number of para-hydroxylation sites is 1. The zero-order valence-electron chi connectivity index (χ0n) is 19.6. The normalized spacial score (nSPS) is 15.6. The molecule has 1 aliphatic carbocycles. The zero-order valence-corrected chi connectivity index (χ0v) is 20.4.